The molecule has 1 fully saturated rings. The number of rotatable bonds is 2. The van der Waals surface area contributed by atoms with Crippen LogP contribution in [-0.2, 0) is 4.74 Å². The van der Waals surface area contributed by atoms with Gasteiger partial charge in [0.2, 0.25) is 0 Å². The summed E-state index contributed by atoms with van der Waals surface area (Å²) >= 11 is 0. The van der Waals surface area contributed by atoms with Gasteiger partial charge in [0.15, 0.2) is 0 Å². The Balaban J connectivity index is 2.08. The second-order valence-electron chi connectivity index (χ2n) is 5.04. The molecule has 1 saturated heterocycles. The minimum Gasteiger partial charge on any atom is -0.385 e. The van der Waals surface area contributed by atoms with Crippen LogP contribution < -0.4 is 0 Å². The molecule has 1 N–H and O–H groups in total. The summed E-state index contributed by atoms with van der Waals surface area (Å²) in [6.07, 6.45) is 9.30. The average molecular weight is 210 g/mol. The second kappa shape index (κ2) is 4.67. The Kier molecular flexibility index (Phi) is 3.47. The van der Waals surface area contributed by atoms with E-state index in [-0.39, 0.29) is 0 Å². The van der Waals surface area contributed by atoms with Crippen molar-refractivity contribution in [1.82, 2.24) is 0 Å². The topological polar surface area (TPSA) is 29.5 Å². The average Bonchev–Trinajstić information content (AvgIpc) is 2.61. The highest BCUT2D eigenvalue weighted by atomic mass is 16.5. The first-order valence-corrected chi connectivity index (χ1v) is 6.21. The van der Waals surface area contributed by atoms with Crippen LogP contribution in [0.5, 0.6) is 0 Å². The van der Waals surface area contributed by atoms with Gasteiger partial charge in [-0.25, -0.2) is 0 Å². The first-order valence-electron chi connectivity index (χ1n) is 6.21. The number of ether oxygens (including phenoxy) is 1. The Hall–Kier alpha value is -0.340. The molecule has 0 saturated carbocycles. The molecule has 2 unspecified atom stereocenters. The van der Waals surface area contributed by atoms with Crippen LogP contribution in [0, 0.1) is 5.92 Å². The Bertz CT molecular complexity index is 237. The zero-order valence-corrected chi connectivity index (χ0v) is 9.67. The van der Waals surface area contributed by atoms with Gasteiger partial charge in [0, 0.05) is 12.5 Å². The Morgan fingerprint density at radius 1 is 1.40 bits per heavy atom. The normalized spacial score (nSPS) is 31.9. The van der Waals surface area contributed by atoms with Crippen molar-refractivity contribution in [2.45, 2.75) is 51.0 Å². The summed E-state index contributed by atoms with van der Waals surface area (Å²) in [5, 5.41) is 10.6. The van der Waals surface area contributed by atoms with E-state index in [9.17, 15) is 5.11 Å². The molecule has 2 nitrogen and oxygen atoms in total. The number of aliphatic hydroxyl groups is 1. The third-order valence-corrected chi connectivity index (χ3v) is 3.92. The van der Waals surface area contributed by atoms with Crippen molar-refractivity contribution >= 4 is 0 Å². The van der Waals surface area contributed by atoms with Gasteiger partial charge in [0.25, 0.3) is 0 Å². The van der Waals surface area contributed by atoms with E-state index in [2.05, 4.69) is 6.08 Å². The SMILES string of the molecule is CC(O)(C1=CCCCCC1)C1CCOC1. The highest BCUT2D eigenvalue weighted by molar-refractivity contribution is 5.18. The third kappa shape index (κ3) is 2.43. The van der Waals surface area contributed by atoms with Gasteiger partial charge in [-0.2, -0.15) is 0 Å². The van der Waals surface area contributed by atoms with Gasteiger partial charge in [-0.3, -0.25) is 0 Å². The Labute approximate surface area is 92.3 Å². The van der Waals surface area contributed by atoms with E-state index in [0.717, 1.165) is 32.5 Å². The fraction of sp³-hybridized carbons (Fsp3) is 0.846. The number of allylic oxidation sites excluding steroid dienone is 1. The van der Waals surface area contributed by atoms with Crippen LogP contribution in [0.4, 0.5) is 0 Å². The molecule has 0 spiro atoms. The minimum atomic E-state index is -0.624. The van der Waals surface area contributed by atoms with Gasteiger partial charge in [-0.15, -0.1) is 0 Å². The summed E-state index contributed by atoms with van der Waals surface area (Å²) < 4.78 is 5.38. The van der Waals surface area contributed by atoms with E-state index in [1.807, 2.05) is 6.92 Å². The molecule has 1 heterocycles. The van der Waals surface area contributed by atoms with Crippen molar-refractivity contribution in [3.63, 3.8) is 0 Å². The lowest BCUT2D eigenvalue weighted by Crippen LogP contribution is -2.37. The summed E-state index contributed by atoms with van der Waals surface area (Å²) in [6.45, 7) is 3.52. The third-order valence-electron chi connectivity index (χ3n) is 3.92. The van der Waals surface area contributed by atoms with Gasteiger partial charge < -0.3 is 9.84 Å². The Morgan fingerprint density at radius 3 is 3.00 bits per heavy atom. The minimum absolute atomic E-state index is 0.307. The predicted molar refractivity (Wildman–Crippen MR) is 60.7 cm³/mol. The maximum Gasteiger partial charge on any atom is 0.0879 e. The molecule has 86 valence electrons. The molecule has 0 aromatic heterocycles. The lowest BCUT2D eigenvalue weighted by Gasteiger charge is -2.32. The van der Waals surface area contributed by atoms with Crippen LogP contribution in [0.25, 0.3) is 0 Å². The van der Waals surface area contributed by atoms with Crippen molar-refractivity contribution in [2.24, 2.45) is 5.92 Å². The lowest BCUT2D eigenvalue weighted by atomic mass is 9.80. The monoisotopic (exact) mass is 210 g/mol. The standard InChI is InChI=1S/C13H22O2/c1-13(14,12-8-9-15-10-12)11-6-4-2-3-5-7-11/h6,12,14H,2-5,7-10H2,1H3. The van der Waals surface area contributed by atoms with E-state index in [1.165, 1.54) is 24.8 Å². The van der Waals surface area contributed by atoms with E-state index < -0.39 is 5.60 Å². The maximum absolute atomic E-state index is 10.6. The molecule has 0 aromatic rings. The fourth-order valence-electron chi connectivity index (χ4n) is 2.71. The summed E-state index contributed by atoms with van der Waals surface area (Å²) in [5.41, 5.74) is 0.636. The molecule has 2 aliphatic rings. The molecular formula is C13H22O2. The molecule has 0 radical (unpaired) electrons. The van der Waals surface area contributed by atoms with E-state index >= 15 is 0 Å². The smallest absolute Gasteiger partial charge is 0.0879 e. The van der Waals surface area contributed by atoms with Gasteiger partial charge in [-0.1, -0.05) is 12.5 Å². The highest BCUT2D eigenvalue weighted by Gasteiger charge is 2.37. The largest absolute Gasteiger partial charge is 0.385 e. The predicted octanol–water partition coefficient (Wildman–Crippen LogP) is 2.66. The molecule has 2 rings (SSSR count). The first-order chi connectivity index (χ1) is 7.21. The quantitative estimate of drug-likeness (QED) is 0.710. The maximum atomic E-state index is 10.6. The van der Waals surface area contributed by atoms with Crippen LogP contribution in [0.3, 0.4) is 0 Å². The van der Waals surface area contributed by atoms with Crippen LogP contribution >= 0.6 is 0 Å². The van der Waals surface area contributed by atoms with Crippen molar-refractivity contribution in [1.29, 1.82) is 0 Å². The summed E-state index contributed by atoms with van der Waals surface area (Å²) in [6, 6.07) is 0. The van der Waals surface area contributed by atoms with E-state index in [1.54, 1.807) is 0 Å². The molecule has 15 heavy (non-hydrogen) atoms. The van der Waals surface area contributed by atoms with Gasteiger partial charge in [0.05, 0.1) is 12.2 Å². The molecule has 1 aliphatic carbocycles. The van der Waals surface area contributed by atoms with Gasteiger partial charge in [-0.05, 0) is 44.6 Å². The summed E-state index contributed by atoms with van der Waals surface area (Å²) in [7, 11) is 0. The molecule has 0 aromatic carbocycles. The van der Waals surface area contributed by atoms with Crippen molar-refractivity contribution < 1.29 is 9.84 Å². The molecule has 0 amide bonds. The number of hydrogen-bond acceptors (Lipinski definition) is 2. The van der Waals surface area contributed by atoms with E-state index in [4.69, 9.17) is 4.74 Å². The molecule has 2 atom stereocenters. The van der Waals surface area contributed by atoms with Crippen LogP contribution in [0.2, 0.25) is 0 Å². The zero-order valence-electron chi connectivity index (χ0n) is 9.67. The summed E-state index contributed by atoms with van der Waals surface area (Å²) in [5.74, 6) is 0.307. The summed E-state index contributed by atoms with van der Waals surface area (Å²) in [4.78, 5) is 0. The Morgan fingerprint density at radius 2 is 2.27 bits per heavy atom. The van der Waals surface area contributed by atoms with Crippen molar-refractivity contribution in [3.05, 3.63) is 11.6 Å². The molecule has 0 bridgehead atoms. The molecule has 1 aliphatic heterocycles. The zero-order chi connectivity index (χ0) is 10.7. The van der Waals surface area contributed by atoms with E-state index in [0.29, 0.717) is 5.92 Å². The highest BCUT2D eigenvalue weighted by Crippen LogP contribution is 2.35. The fourth-order valence-corrected chi connectivity index (χ4v) is 2.71. The molecule has 2 heteroatoms. The molecular weight excluding hydrogens is 188 g/mol. The van der Waals surface area contributed by atoms with Gasteiger partial charge in [0.1, 0.15) is 0 Å². The van der Waals surface area contributed by atoms with Crippen LogP contribution in [-0.4, -0.2) is 23.9 Å². The first kappa shape index (κ1) is 11.2. The number of hydrogen-bond donors (Lipinski definition) is 1. The van der Waals surface area contributed by atoms with Gasteiger partial charge >= 0.3 is 0 Å². The van der Waals surface area contributed by atoms with Crippen molar-refractivity contribution in [3.8, 4) is 0 Å². The van der Waals surface area contributed by atoms with Crippen molar-refractivity contribution in [2.75, 3.05) is 13.2 Å². The van der Waals surface area contributed by atoms with Crippen LogP contribution in [0.15, 0.2) is 11.6 Å². The lowest BCUT2D eigenvalue weighted by molar-refractivity contribution is 0.0251. The second-order valence-corrected chi connectivity index (χ2v) is 5.04. The van der Waals surface area contributed by atoms with Crippen LogP contribution in [0.1, 0.15) is 45.4 Å².